The zero-order valence-corrected chi connectivity index (χ0v) is 6.60. The Morgan fingerprint density at radius 2 is 2.10 bits per heavy atom. The highest BCUT2D eigenvalue weighted by Gasteiger charge is 2.11. The largest absolute Gasteiger partial charge is 0.327 e. The van der Waals surface area contributed by atoms with Crippen LogP contribution in [-0.2, 0) is 14.3 Å². The molecule has 0 aliphatic heterocycles. The van der Waals surface area contributed by atoms with Gasteiger partial charge in [-0.3, -0.25) is 0 Å². The Morgan fingerprint density at radius 1 is 1.60 bits per heavy atom. The van der Waals surface area contributed by atoms with Gasteiger partial charge in [-0.1, -0.05) is 0 Å². The Morgan fingerprint density at radius 3 is 2.40 bits per heavy atom. The average Bonchev–Trinajstić information content (AvgIpc) is 1.87. The van der Waals surface area contributed by atoms with Crippen LogP contribution in [0.25, 0.3) is 0 Å². The molecule has 1 unspecified atom stereocenters. The van der Waals surface area contributed by atoms with Crippen LogP contribution in [0.3, 0.4) is 0 Å². The molecule has 0 aromatic heterocycles. The summed E-state index contributed by atoms with van der Waals surface area (Å²) in [6.07, 6.45) is -0.912. The van der Waals surface area contributed by atoms with Gasteiger partial charge in [0.2, 0.25) is 0 Å². The van der Waals surface area contributed by atoms with Crippen molar-refractivity contribution in [3.8, 4) is 0 Å². The first-order chi connectivity index (χ1) is 4.52. The molecule has 0 aromatic carbocycles. The van der Waals surface area contributed by atoms with E-state index in [0.717, 1.165) is 0 Å². The fourth-order valence-corrected chi connectivity index (χ4v) is 0.887. The van der Waals surface area contributed by atoms with Crippen LogP contribution >= 0.6 is 0 Å². The third-order valence-electron chi connectivity index (χ3n) is 0.856. The summed E-state index contributed by atoms with van der Waals surface area (Å²) < 4.78 is 25.6. The van der Waals surface area contributed by atoms with E-state index in [4.69, 9.17) is 11.5 Å². The van der Waals surface area contributed by atoms with Crippen molar-refractivity contribution in [1.29, 1.82) is 0 Å². The van der Waals surface area contributed by atoms with Gasteiger partial charge in [0.25, 0.3) is 10.1 Å². The van der Waals surface area contributed by atoms with E-state index in [0.29, 0.717) is 0 Å². The predicted octanol–water partition coefficient (Wildman–Crippen LogP) is -1.40. The Bertz CT molecular complexity index is 177. The van der Waals surface area contributed by atoms with E-state index >= 15 is 0 Å². The average molecular weight is 168 g/mol. The summed E-state index contributed by atoms with van der Waals surface area (Å²) in [7, 11) is -3.44. The minimum Gasteiger partial charge on any atom is -0.327 e. The van der Waals surface area contributed by atoms with Crippen LogP contribution in [-0.4, -0.2) is 26.9 Å². The molecule has 10 heavy (non-hydrogen) atoms. The number of hydrogen-bond donors (Lipinski definition) is 2. The highest BCUT2D eigenvalue weighted by Crippen LogP contribution is 1.93. The normalized spacial score (nSPS) is 15.1. The molecule has 5 nitrogen and oxygen atoms in total. The summed E-state index contributed by atoms with van der Waals surface area (Å²) in [6.45, 7) is 1.47. The van der Waals surface area contributed by atoms with E-state index < -0.39 is 16.3 Å². The van der Waals surface area contributed by atoms with E-state index in [1.54, 1.807) is 0 Å². The van der Waals surface area contributed by atoms with E-state index in [-0.39, 0.29) is 12.3 Å². The molecule has 0 bridgehead atoms. The van der Waals surface area contributed by atoms with Gasteiger partial charge in [-0.05, 0) is 6.92 Å². The molecule has 0 heterocycles. The summed E-state index contributed by atoms with van der Waals surface area (Å²) in [5, 5.41) is 0. The van der Waals surface area contributed by atoms with Crippen molar-refractivity contribution < 1.29 is 12.6 Å². The first-order valence-corrected chi connectivity index (χ1v) is 4.46. The minimum atomic E-state index is -3.44. The zero-order valence-electron chi connectivity index (χ0n) is 5.78. The quantitative estimate of drug-likeness (QED) is 0.397. The molecule has 0 spiro atoms. The maximum Gasteiger partial charge on any atom is 0.268 e. The predicted molar refractivity (Wildman–Crippen MR) is 37.6 cm³/mol. The van der Waals surface area contributed by atoms with Gasteiger partial charge in [0, 0.05) is 6.54 Å². The topological polar surface area (TPSA) is 95.4 Å². The summed E-state index contributed by atoms with van der Waals surface area (Å²) in [5.41, 5.74) is 10.1. The molecule has 0 radical (unpaired) electrons. The summed E-state index contributed by atoms with van der Waals surface area (Å²) in [6, 6.07) is 0. The smallest absolute Gasteiger partial charge is 0.268 e. The summed E-state index contributed by atoms with van der Waals surface area (Å²) >= 11 is 0. The molecular formula is C4H12N2O3S. The Balaban J connectivity index is 3.90. The van der Waals surface area contributed by atoms with Crippen LogP contribution in [0.1, 0.15) is 6.92 Å². The second kappa shape index (κ2) is 3.87. The van der Waals surface area contributed by atoms with Crippen LogP contribution in [0.15, 0.2) is 0 Å². The highest BCUT2D eigenvalue weighted by molar-refractivity contribution is 7.86. The number of nitrogens with two attached hydrogens (primary N) is 2. The van der Waals surface area contributed by atoms with Crippen LogP contribution in [0.4, 0.5) is 0 Å². The zero-order chi connectivity index (χ0) is 8.20. The number of rotatable bonds is 4. The van der Waals surface area contributed by atoms with Gasteiger partial charge < -0.3 is 11.5 Å². The maximum atomic E-state index is 10.6. The molecule has 0 fully saturated rings. The van der Waals surface area contributed by atoms with Crippen LogP contribution in [0.5, 0.6) is 0 Å². The van der Waals surface area contributed by atoms with E-state index in [9.17, 15) is 8.42 Å². The van der Waals surface area contributed by atoms with Crippen molar-refractivity contribution in [3.05, 3.63) is 0 Å². The van der Waals surface area contributed by atoms with Gasteiger partial charge >= 0.3 is 0 Å². The third-order valence-corrected chi connectivity index (χ3v) is 2.10. The standard InChI is InChI=1S/C4H12N2O3S/c1-2-10(7,8)9-4(6)3-5/h4H,2-3,5-6H2,1H3. The summed E-state index contributed by atoms with van der Waals surface area (Å²) in [5.74, 6) is -0.0826. The van der Waals surface area contributed by atoms with Crippen molar-refractivity contribution in [3.63, 3.8) is 0 Å². The molecule has 0 aliphatic carbocycles. The minimum absolute atomic E-state index is 0.000764. The molecule has 6 heteroatoms. The second-order valence-corrected chi connectivity index (χ2v) is 3.60. The van der Waals surface area contributed by atoms with Crippen LogP contribution < -0.4 is 11.5 Å². The Hall–Kier alpha value is -0.170. The lowest BCUT2D eigenvalue weighted by atomic mass is 10.6. The molecule has 1 atom stereocenters. The van der Waals surface area contributed by atoms with Crippen LogP contribution in [0, 0.1) is 0 Å². The van der Waals surface area contributed by atoms with E-state index in [1.165, 1.54) is 6.92 Å². The van der Waals surface area contributed by atoms with Gasteiger partial charge in [0.1, 0.15) is 6.23 Å². The molecule has 0 saturated heterocycles. The second-order valence-electron chi connectivity index (χ2n) is 1.72. The van der Waals surface area contributed by atoms with E-state index in [1.807, 2.05) is 0 Å². The first-order valence-electron chi connectivity index (χ1n) is 2.88. The fraction of sp³-hybridized carbons (Fsp3) is 1.00. The maximum absolute atomic E-state index is 10.6. The third kappa shape index (κ3) is 3.78. The molecule has 0 amide bonds. The summed E-state index contributed by atoms with van der Waals surface area (Å²) in [4.78, 5) is 0. The van der Waals surface area contributed by atoms with Crippen LogP contribution in [0.2, 0.25) is 0 Å². The molecule has 62 valence electrons. The molecule has 0 aliphatic rings. The van der Waals surface area contributed by atoms with Crippen molar-refractivity contribution in [1.82, 2.24) is 0 Å². The Kier molecular flexibility index (Phi) is 3.80. The molecular weight excluding hydrogens is 156 g/mol. The molecule has 0 rings (SSSR count). The molecule has 4 N–H and O–H groups in total. The van der Waals surface area contributed by atoms with Crippen molar-refractivity contribution >= 4 is 10.1 Å². The fourth-order valence-electron chi connectivity index (χ4n) is 0.296. The van der Waals surface area contributed by atoms with Gasteiger partial charge in [-0.15, -0.1) is 0 Å². The SMILES string of the molecule is CCS(=O)(=O)OC(N)CN. The van der Waals surface area contributed by atoms with Gasteiger partial charge in [0.05, 0.1) is 5.75 Å². The van der Waals surface area contributed by atoms with Crippen molar-refractivity contribution in [2.45, 2.75) is 13.2 Å². The van der Waals surface area contributed by atoms with Gasteiger partial charge in [0.15, 0.2) is 0 Å². The lowest BCUT2D eigenvalue weighted by Crippen LogP contribution is -2.35. The Labute approximate surface area is 60.5 Å². The lowest BCUT2D eigenvalue weighted by molar-refractivity contribution is 0.225. The lowest BCUT2D eigenvalue weighted by Gasteiger charge is -2.08. The molecule has 0 saturated carbocycles. The highest BCUT2D eigenvalue weighted by atomic mass is 32.2. The van der Waals surface area contributed by atoms with E-state index in [2.05, 4.69) is 4.18 Å². The van der Waals surface area contributed by atoms with Gasteiger partial charge in [-0.2, -0.15) is 8.42 Å². The number of hydrogen-bond acceptors (Lipinski definition) is 5. The monoisotopic (exact) mass is 168 g/mol. The van der Waals surface area contributed by atoms with Gasteiger partial charge in [-0.25, -0.2) is 4.18 Å². The first kappa shape index (κ1) is 9.83. The van der Waals surface area contributed by atoms with Crippen molar-refractivity contribution in [2.75, 3.05) is 12.3 Å². The molecule has 0 aromatic rings. The van der Waals surface area contributed by atoms with Crippen molar-refractivity contribution in [2.24, 2.45) is 11.5 Å².